The molecule has 1 fully saturated rings. The molecule has 3 N–H and O–H groups in total. The van der Waals surface area contributed by atoms with E-state index >= 15 is 0 Å². The molecule has 20 heavy (non-hydrogen) atoms. The molecule has 1 aliphatic rings. The monoisotopic (exact) mass is 280 g/mol. The van der Waals surface area contributed by atoms with Gasteiger partial charge in [0.15, 0.2) is 11.6 Å². The van der Waals surface area contributed by atoms with Crippen molar-refractivity contribution in [1.82, 2.24) is 15.2 Å². The van der Waals surface area contributed by atoms with Gasteiger partial charge in [-0.15, -0.1) is 0 Å². The summed E-state index contributed by atoms with van der Waals surface area (Å²) in [6.07, 6.45) is 4.28. The number of pyridine rings is 1. The Balaban J connectivity index is 1.91. The van der Waals surface area contributed by atoms with E-state index in [9.17, 15) is 9.18 Å². The van der Waals surface area contributed by atoms with E-state index in [2.05, 4.69) is 22.1 Å². The second-order valence-corrected chi connectivity index (χ2v) is 5.15. The maximum Gasteiger partial charge on any atom is 0.254 e. The third-order valence-corrected chi connectivity index (χ3v) is 3.62. The molecule has 0 radical (unpaired) electrons. The highest BCUT2D eigenvalue weighted by Crippen LogP contribution is 2.14. The SMILES string of the molecule is CCCN1CCC(NC(=O)c2ccnc(N)c2F)CC1. The predicted octanol–water partition coefficient (Wildman–Crippen LogP) is 1.41. The Morgan fingerprint density at radius 1 is 1.55 bits per heavy atom. The topological polar surface area (TPSA) is 71.2 Å². The van der Waals surface area contributed by atoms with Crippen molar-refractivity contribution in [3.05, 3.63) is 23.6 Å². The fourth-order valence-corrected chi connectivity index (χ4v) is 2.52. The zero-order chi connectivity index (χ0) is 14.5. The Labute approximate surface area is 118 Å². The zero-order valence-corrected chi connectivity index (χ0v) is 11.7. The summed E-state index contributed by atoms with van der Waals surface area (Å²) in [7, 11) is 0. The van der Waals surface area contributed by atoms with E-state index in [-0.39, 0.29) is 17.4 Å². The fraction of sp³-hybridized carbons (Fsp3) is 0.571. The molecule has 0 aromatic carbocycles. The van der Waals surface area contributed by atoms with Gasteiger partial charge in [-0.3, -0.25) is 4.79 Å². The molecule has 1 aromatic heterocycles. The number of rotatable bonds is 4. The number of likely N-dealkylation sites (tertiary alicyclic amines) is 1. The van der Waals surface area contributed by atoms with Crippen LogP contribution in [0.25, 0.3) is 0 Å². The van der Waals surface area contributed by atoms with Gasteiger partial charge in [0.05, 0.1) is 5.56 Å². The molecule has 6 heteroatoms. The average Bonchev–Trinajstić information content (AvgIpc) is 2.44. The first kappa shape index (κ1) is 14.7. The Morgan fingerprint density at radius 3 is 2.90 bits per heavy atom. The number of nitrogens with two attached hydrogens (primary N) is 1. The highest BCUT2D eigenvalue weighted by molar-refractivity contribution is 5.95. The standard InChI is InChI=1S/C14H21FN4O/c1-2-7-19-8-4-10(5-9-19)18-14(20)11-3-6-17-13(16)12(11)15/h3,6,10H,2,4-5,7-9H2,1H3,(H2,16,17)(H,18,20). The van der Waals surface area contributed by atoms with E-state index < -0.39 is 11.7 Å². The second-order valence-electron chi connectivity index (χ2n) is 5.15. The second kappa shape index (κ2) is 6.65. The molecule has 110 valence electrons. The molecule has 2 heterocycles. The van der Waals surface area contributed by atoms with Crippen molar-refractivity contribution in [3.63, 3.8) is 0 Å². The summed E-state index contributed by atoms with van der Waals surface area (Å²) < 4.78 is 13.7. The lowest BCUT2D eigenvalue weighted by Crippen LogP contribution is -2.45. The number of carbonyl (C=O) groups is 1. The van der Waals surface area contributed by atoms with E-state index in [1.807, 2.05) is 0 Å². The number of halogens is 1. The van der Waals surface area contributed by atoms with Gasteiger partial charge in [0, 0.05) is 25.3 Å². The molecule has 0 unspecified atom stereocenters. The van der Waals surface area contributed by atoms with Gasteiger partial charge in [0.1, 0.15) is 0 Å². The van der Waals surface area contributed by atoms with Crippen LogP contribution in [-0.2, 0) is 0 Å². The molecule has 2 rings (SSSR count). The highest BCUT2D eigenvalue weighted by atomic mass is 19.1. The summed E-state index contributed by atoms with van der Waals surface area (Å²) in [5, 5.41) is 2.88. The number of anilines is 1. The number of nitrogens with zero attached hydrogens (tertiary/aromatic N) is 2. The van der Waals surface area contributed by atoms with E-state index in [1.54, 1.807) is 0 Å². The van der Waals surface area contributed by atoms with Gasteiger partial charge in [-0.05, 0) is 31.9 Å². The summed E-state index contributed by atoms with van der Waals surface area (Å²) in [4.78, 5) is 18.0. The average molecular weight is 280 g/mol. The Bertz CT molecular complexity index is 472. The number of aromatic nitrogens is 1. The van der Waals surface area contributed by atoms with Crippen LogP contribution in [0, 0.1) is 5.82 Å². The maximum absolute atomic E-state index is 13.7. The van der Waals surface area contributed by atoms with Crippen LogP contribution in [0.2, 0.25) is 0 Å². The molecule has 0 saturated carbocycles. The molecule has 1 aromatic rings. The molecule has 1 aliphatic heterocycles. The molecule has 0 spiro atoms. The van der Waals surface area contributed by atoms with Gasteiger partial charge in [-0.1, -0.05) is 6.92 Å². The minimum Gasteiger partial charge on any atom is -0.381 e. The van der Waals surface area contributed by atoms with Crippen molar-refractivity contribution < 1.29 is 9.18 Å². The van der Waals surface area contributed by atoms with Crippen molar-refractivity contribution in [2.75, 3.05) is 25.4 Å². The number of hydrogen-bond donors (Lipinski definition) is 2. The number of nitrogen functional groups attached to an aromatic ring is 1. The van der Waals surface area contributed by atoms with Gasteiger partial charge < -0.3 is 16.0 Å². The molecule has 0 bridgehead atoms. The predicted molar refractivity (Wildman–Crippen MR) is 75.8 cm³/mol. The third-order valence-electron chi connectivity index (χ3n) is 3.62. The first-order chi connectivity index (χ1) is 9.61. The van der Waals surface area contributed by atoms with E-state index in [0.717, 1.165) is 38.9 Å². The normalized spacial score (nSPS) is 17.1. The molecule has 0 atom stereocenters. The minimum atomic E-state index is -0.742. The lowest BCUT2D eigenvalue weighted by atomic mass is 10.0. The Kier molecular flexibility index (Phi) is 4.89. The molecular formula is C14H21FN4O. The summed E-state index contributed by atoms with van der Waals surface area (Å²) in [5.74, 6) is -1.39. The highest BCUT2D eigenvalue weighted by Gasteiger charge is 2.22. The zero-order valence-electron chi connectivity index (χ0n) is 11.7. The summed E-state index contributed by atoms with van der Waals surface area (Å²) in [6, 6.07) is 1.46. The van der Waals surface area contributed by atoms with Crippen molar-refractivity contribution in [2.24, 2.45) is 0 Å². The maximum atomic E-state index is 13.7. The molecule has 1 amide bonds. The van der Waals surface area contributed by atoms with E-state index in [1.165, 1.54) is 12.3 Å². The number of carbonyl (C=O) groups excluding carboxylic acids is 1. The largest absolute Gasteiger partial charge is 0.381 e. The number of hydrogen-bond acceptors (Lipinski definition) is 4. The minimum absolute atomic E-state index is 0.0338. The molecule has 1 saturated heterocycles. The van der Waals surface area contributed by atoms with Crippen LogP contribution < -0.4 is 11.1 Å². The molecule has 0 aliphatic carbocycles. The van der Waals surface area contributed by atoms with Gasteiger partial charge in [-0.25, -0.2) is 9.37 Å². The van der Waals surface area contributed by atoms with Gasteiger partial charge in [-0.2, -0.15) is 0 Å². The summed E-state index contributed by atoms with van der Waals surface area (Å²) >= 11 is 0. The number of piperidine rings is 1. The van der Waals surface area contributed by atoms with Crippen LogP contribution in [0.5, 0.6) is 0 Å². The Morgan fingerprint density at radius 2 is 2.25 bits per heavy atom. The van der Waals surface area contributed by atoms with Crippen LogP contribution in [0.15, 0.2) is 12.3 Å². The summed E-state index contributed by atoms with van der Waals surface area (Å²) in [5.41, 5.74) is 5.34. The van der Waals surface area contributed by atoms with Crippen molar-refractivity contribution in [1.29, 1.82) is 0 Å². The molecule has 5 nitrogen and oxygen atoms in total. The first-order valence-corrected chi connectivity index (χ1v) is 7.05. The van der Waals surface area contributed by atoms with E-state index in [4.69, 9.17) is 5.73 Å². The number of nitrogens with one attached hydrogen (secondary N) is 1. The van der Waals surface area contributed by atoms with Crippen LogP contribution >= 0.6 is 0 Å². The molecular weight excluding hydrogens is 259 g/mol. The van der Waals surface area contributed by atoms with E-state index in [0.29, 0.717) is 0 Å². The van der Waals surface area contributed by atoms with Crippen LogP contribution in [-0.4, -0.2) is 41.5 Å². The van der Waals surface area contributed by atoms with Gasteiger partial charge in [0.2, 0.25) is 0 Å². The Hall–Kier alpha value is -1.69. The first-order valence-electron chi connectivity index (χ1n) is 7.05. The van der Waals surface area contributed by atoms with Crippen LogP contribution in [0.3, 0.4) is 0 Å². The number of amides is 1. The van der Waals surface area contributed by atoms with Crippen LogP contribution in [0.1, 0.15) is 36.5 Å². The van der Waals surface area contributed by atoms with Gasteiger partial charge in [0.25, 0.3) is 5.91 Å². The van der Waals surface area contributed by atoms with Crippen molar-refractivity contribution in [3.8, 4) is 0 Å². The fourth-order valence-electron chi connectivity index (χ4n) is 2.52. The van der Waals surface area contributed by atoms with Crippen LogP contribution in [0.4, 0.5) is 10.2 Å². The third kappa shape index (κ3) is 3.45. The lowest BCUT2D eigenvalue weighted by Gasteiger charge is -2.32. The quantitative estimate of drug-likeness (QED) is 0.874. The van der Waals surface area contributed by atoms with Crippen molar-refractivity contribution >= 4 is 11.7 Å². The smallest absolute Gasteiger partial charge is 0.254 e. The van der Waals surface area contributed by atoms with Gasteiger partial charge >= 0.3 is 0 Å². The summed E-state index contributed by atoms with van der Waals surface area (Å²) in [6.45, 7) is 5.19. The lowest BCUT2D eigenvalue weighted by molar-refractivity contribution is 0.0907. The van der Waals surface area contributed by atoms with Crippen molar-refractivity contribution in [2.45, 2.75) is 32.2 Å².